The number of thioether (sulfide) groups is 1. The number of nitrogens with zero attached hydrogens (tertiary/aromatic N) is 2. The van der Waals surface area contributed by atoms with Gasteiger partial charge >= 0.3 is 0 Å². The Hall–Kier alpha value is -0.890. The summed E-state index contributed by atoms with van der Waals surface area (Å²) in [4.78, 5) is 5.58. The highest BCUT2D eigenvalue weighted by Crippen LogP contribution is 2.32. The zero-order chi connectivity index (χ0) is 14.7. The van der Waals surface area contributed by atoms with E-state index in [-0.39, 0.29) is 12.2 Å². The van der Waals surface area contributed by atoms with Crippen molar-refractivity contribution < 1.29 is 9.26 Å². The molecule has 2 unspecified atom stereocenters. The highest BCUT2D eigenvalue weighted by molar-refractivity contribution is 9.10. The van der Waals surface area contributed by atoms with Gasteiger partial charge in [0.05, 0.1) is 11.9 Å². The molecule has 112 valence electrons. The van der Waals surface area contributed by atoms with Crippen LogP contribution in [0.4, 0.5) is 0 Å². The Morgan fingerprint density at radius 3 is 2.95 bits per heavy atom. The molecule has 0 saturated carbocycles. The predicted molar refractivity (Wildman–Crippen MR) is 83.9 cm³/mol. The standard InChI is InChI=1S/C14H16BrN3O2S/c15-10-3-1-2-4-12(10)21-8-13-17-14(20-18-13)11-6-5-9(7-16)19-11/h1-4,9,11H,5-8,16H2. The van der Waals surface area contributed by atoms with Crippen LogP contribution in [0.5, 0.6) is 0 Å². The van der Waals surface area contributed by atoms with Gasteiger partial charge in [0.2, 0.25) is 0 Å². The number of ether oxygens (including phenoxy) is 1. The van der Waals surface area contributed by atoms with Gasteiger partial charge in [-0.05, 0) is 40.9 Å². The SMILES string of the molecule is NCC1CCC(c2nc(CSc3ccccc3Br)no2)O1. The van der Waals surface area contributed by atoms with Crippen molar-refractivity contribution >= 4 is 27.7 Å². The lowest BCUT2D eigenvalue weighted by Gasteiger charge is -2.07. The van der Waals surface area contributed by atoms with Crippen molar-refractivity contribution in [2.75, 3.05) is 6.54 Å². The third-order valence-electron chi connectivity index (χ3n) is 3.32. The first-order chi connectivity index (χ1) is 10.3. The second kappa shape index (κ2) is 6.91. The first kappa shape index (κ1) is 15.0. The molecule has 1 aliphatic heterocycles. The molecule has 2 aromatic rings. The normalized spacial score (nSPS) is 21.8. The molecule has 3 rings (SSSR count). The van der Waals surface area contributed by atoms with Crippen molar-refractivity contribution in [3.63, 3.8) is 0 Å². The minimum atomic E-state index is -0.103. The minimum absolute atomic E-state index is 0.103. The maximum Gasteiger partial charge on any atom is 0.255 e. The van der Waals surface area contributed by atoms with E-state index in [0.29, 0.717) is 24.0 Å². The molecular weight excluding hydrogens is 354 g/mol. The van der Waals surface area contributed by atoms with E-state index in [1.54, 1.807) is 11.8 Å². The van der Waals surface area contributed by atoms with Gasteiger partial charge in [0.15, 0.2) is 5.82 Å². The van der Waals surface area contributed by atoms with Gasteiger partial charge in [-0.2, -0.15) is 4.98 Å². The van der Waals surface area contributed by atoms with Gasteiger partial charge in [-0.25, -0.2) is 0 Å². The molecular formula is C14H16BrN3O2S. The highest BCUT2D eigenvalue weighted by atomic mass is 79.9. The number of rotatable bonds is 5. The lowest BCUT2D eigenvalue weighted by Crippen LogP contribution is -2.18. The van der Waals surface area contributed by atoms with Crippen LogP contribution in [0.25, 0.3) is 0 Å². The molecule has 1 aliphatic rings. The van der Waals surface area contributed by atoms with Crippen LogP contribution in [0.15, 0.2) is 38.2 Å². The van der Waals surface area contributed by atoms with Crippen LogP contribution in [0.3, 0.4) is 0 Å². The maximum absolute atomic E-state index is 5.76. The smallest absolute Gasteiger partial charge is 0.255 e. The fraction of sp³-hybridized carbons (Fsp3) is 0.429. The Kier molecular flexibility index (Phi) is 4.95. The zero-order valence-electron chi connectivity index (χ0n) is 11.4. The van der Waals surface area contributed by atoms with E-state index in [0.717, 1.165) is 22.2 Å². The third kappa shape index (κ3) is 3.66. The van der Waals surface area contributed by atoms with Crippen molar-refractivity contribution in [3.05, 3.63) is 40.5 Å². The fourth-order valence-electron chi connectivity index (χ4n) is 2.22. The average Bonchev–Trinajstić information content (AvgIpc) is 3.15. The molecule has 1 saturated heterocycles. The van der Waals surface area contributed by atoms with Crippen molar-refractivity contribution in [1.82, 2.24) is 10.1 Å². The predicted octanol–water partition coefficient (Wildman–Crippen LogP) is 3.30. The number of aromatic nitrogens is 2. The molecule has 1 aromatic carbocycles. The zero-order valence-corrected chi connectivity index (χ0v) is 13.8. The second-order valence-corrected chi connectivity index (χ2v) is 6.70. The van der Waals surface area contributed by atoms with E-state index >= 15 is 0 Å². The van der Waals surface area contributed by atoms with E-state index in [1.807, 2.05) is 18.2 Å². The first-order valence-electron chi connectivity index (χ1n) is 6.81. The van der Waals surface area contributed by atoms with Gasteiger partial charge in [0.25, 0.3) is 5.89 Å². The van der Waals surface area contributed by atoms with Crippen LogP contribution in [-0.4, -0.2) is 22.8 Å². The van der Waals surface area contributed by atoms with Crippen LogP contribution in [0.2, 0.25) is 0 Å². The van der Waals surface area contributed by atoms with Gasteiger partial charge in [0.1, 0.15) is 6.10 Å². The number of hydrogen-bond acceptors (Lipinski definition) is 6. The average molecular weight is 370 g/mol. The molecule has 0 aliphatic carbocycles. The molecule has 0 radical (unpaired) electrons. The topological polar surface area (TPSA) is 74.2 Å². The Labute approximate surface area is 135 Å². The van der Waals surface area contributed by atoms with Gasteiger partial charge in [0, 0.05) is 15.9 Å². The first-order valence-corrected chi connectivity index (χ1v) is 8.59. The van der Waals surface area contributed by atoms with Crippen molar-refractivity contribution in [1.29, 1.82) is 0 Å². The van der Waals surface area contributed by atoms with E-state index in [4.69, 9.17) is 15.0 Å². The summed E-state index contributed by atoms with van der Waals surface area (Å²) in [7, 11) is 0. The number of benzene rings is 1. The molecule has 0 bridgehead atoms. The Bertz CT molecular complexity index is 607. The minimum Gasteiger partial charge on any atom is -0.364 e. The van der Waals surface area contributed by atoms with Gasteiger partial charge in [-0.3, -0.25) is 0 Å². The van der Waals surface area contributed by atoms with Gasteiger partial charge < -0.3 is 15.0 Å². The molecule has 0 amide bonds. The monoisotopic (exact) mass is 369 g/mol. The number of hydrogen-bond donors (Lipinski definition) is 1. The van der Waals surface area contributed by atoms with E-state index < -0.39 is 0 Å². The summed E-state index contributed by atoms with van der Waals surface area (Å²) in [6.07, 6.45) is 1.85. The second-order valence-electron chi connectivity index (χ2n) is 4.83. The van der Waals surface area contributed by atoms with Crippen LogP contribution in [0.1, 0.15) is 30.7 Å². The van der Waals surface area contributed by atoms with E-state index in [1.165, 1.54) is 0 Å². The largest absolute Gasteiger partial charge is 0.364 e. The summed E-state index contributed by atoms with van der Waals surface area (Å²) in [6, 6.07) is 8.07. The molecule has 1 fully saturated rings. The summed E-state index contributed by atoms with van der Waals surface area (Å²) >= 11 is 5.19. The van der Waals surface area contributed by atoms with Crippen LogP contribution in [-0.2, 0) is 10.5 Å². The molecule has 21 heavy (non-hydrogen) atoms. The summed E-state index contributed by atoms with van der Waals surface area (Å²) in [5.41, 5.74) is 5.61. The molecule has 0 spiro atoms. The number of halogens is 1. The summed E-state index contributed by atoms with van der Waals surface area (Å²) < 4.78 is 12.1. The van der Waals surface area contributed by atoms with Crippen LogP contribution in [0, 0.1) is 0 Å². The van der Waals surface area contributed by atoms with Crippen LogP contribution < -0.4 is 5.73 Å². The molecule has 2 heterocycles. The Morgan fingerprint density at radius 1 is 1.33 bits per heavy atom. The lowest BCUT2D eigenvalue weighted by molar-refractivity contribution is 0.0307. The Morgan fingerprint density at radius 2 is 2.19 bits per heavy atom. The molecule has 7 heteroatoms. The molecule has 2 N–H and O–H groups in total. The number of nitrogens with two attached hydrogens (primary N) is 1. The third-order valence-corrected chi connectivity index (χ3v) is 5.35. The van der Waals surface area contributed by atoms with Gasteiger partial charge in [-0.1, -0.05) is 17.3 Å². The van der Waals surface area contributed by atoms with Gasteiger partial charge in [-0.15, -0.1) is 11.8 Å². The summed E-state index contributed by atoms with van der Waals surface area (Å²) in [6.45, 7) is 0.537. The van der Waals surface area contributed by atoms with Crippen LogP contribution >= 0.6 is 27.7 Å². The van der Waals surface area contributed by atoms with E-state index in [9.17, 15) is 0 Å². The van der Waals surface area contributed by atoms with Crippen molar-refractivity contribution in [2.24, 2.45) is 5.73 Å². The van der Waals surface area contributed by atoms with E-state index in [2.05, 4.69) is 32.1 Å². The summed E-state index contributed by atoms with van der Waals surface area (Å²) in [5, 5.41) is 4.02. The van der Waals surface area contributed by atoms with Crippen molar-refractivity contribution in [2.45, 2.75) is 35.7 Å². The quantitative estimate of drug-likeness (QED) is 0.814. The lowest BCUT2D eigenvalue weighted by atomic mass is 10.2. The van der Waals surface area contributed by atoms with Crippen molar-refractivity contribution in [3.8, 4) is 0 Å². The Balaban J connectivity index is 1.60. The highest BCUT2D eigenvalue weighted by Gasteiger charge is 2.29. The molecule has 2 atom stereocenters. The summed E-state index contributed by atoms with van der Waals surface area (Å²) in [5.74, 6) is 1.92. The molecule has 5 nitrogen and oxygen atoms in total. The fourth-order valence-corrected chi connectivity index (χ4v) is 3.63. The molecule has 1 aromatic heterocycles. The maximum atomic E-state index is 5.76.